The van der Waals surface area contributed by atoms with Gasteiger partial charge in [-0.1, -0.05) is 0 Å². The molecule has 0 amide bonds. The second kappa shape index (κ2) is 6.59. The van der Waals surface area contributed by atoms with Crippen LogP contribution in [0.2, 0.25) is 0 Å². The van der Waals surface area contributed by atoms with Crippen molar-refractivity contribution in [3.05, 3.63) is 29.3 Å². The van der Waals surface area contributed by atoms with E-state index in [2.05, 4.69) is 23.5 Å². The smallest absolute Gasteiger partial charge is 0.335 e. The second-order valence-electron chi connectivity index (χ2n) is 6.58. The summed E-state index contributed by atoms with van der Waals surface area (Å²) >= 11 is 0. The number of aryl methyl sites for hydroxylation is 1. The number of benzene rings is 1. The van der Waals surface area contributed by atoms with E-state index in [1.54, 1.807) is 6.92 Å². The zero-order valence-electron chi connectivity index (χ0n) is 13.8. The Balaban J connectivity index is 2.02. The molecule has 0 bridgehead atoms. The Labute approximate surface area is 137 Å². The van der Waals surface area contributed by atoms with Gasteiger partial charge in [-0.15, -0.1) is 0 Å². The van der Waals surface area contributed by atoms with Gasteiger partial charge in [-0.25, -0.2) is 17.9 Å². The van der Waals surface area contributed by atoms with Crippen molar-refractivity contribution in [2.45, 2.75) is 44.0 Å². The van der Waals surface area contributed by atoms with Crippen LogP contribution < -0.4 is 4.72 Å². The van der Waals surface area contributed by atoms with E-state index in [1.807, 2.05) is 0 Å². The molecule has 0 radical (unpaired) electrons. The maximum atomic E-state index is 12.3. The summed E-state index contributed by atoms with van der Waals surface area (Å²) in [5, 5.41) is 9.00. The van der Waals surface area contributed by atoms with E-state index in [4.69, 9.17) is 5.11 Å². The number of hydrogen-bond donors (Lipinski definition) is 2. The first-order valence-corrected chi connectivity index (χ1v) is 9.20. The van der Waals surface area contributed by atoms with Gasteiger partial charge in [-0.05, 0) is 63.9 Å². The van der Waals surface area contributed by atoms with Crippen LogP contribution in [0, 0.1) is 6.92 Å². The van der Waals surface area contributed by atoms with Crippen LogP contribution in [0.3, 0.4) is 0 Å². The standard InChI is InChI=1S/C16H24N2O4S/c1-12-11-13(5-6-14(12)15(19)20)23(21,22)17-8-10-18-9-4-7-16(18,2)3/h5-6,11,17H,4,7-10H2,1-3H3,(H,19,20). The molecule has 0 atom stereocenters. The van der Waals surface area contributed by atoms with Crippen LogP contribution in [0.25, 0.3) is 0 Å². The molecular weight excluding hydrogens is 316 g/mol. The van der Waals surface area contributed by atoms with Gasteiger partial charge in [0.15, 0.2) is 0 Å². The maximum absolute atomic E-state index is 12.3. The van der Waals surface area contributed by atoms with Crippen molar-refractivity contribution >= 4 is 16.0 Å². The molecule has 0 aromatic heterocycles. The predicted molar refractivity (Wildman–Crippen MR) is 88.2 cm³/mol. The van der Waals surface area contributed by atoms with Gasteiger partial charge in [0, 0.05) is 18.6 Å². The van der Waals surface area contributed by atoms with E-state index in [-0.39, 0.29) is 16.0 Å². The number of carbonyl (C=O) groups is 1. The maximum Gasteiger partial charge on any atom is 0.335 e. The van der Waals surface area contributed by atoms with E-state index in [0.29, 0.717) is 18.7 Å². The average Bonchev–Trinajstić information content (AvgIpc) is 2.77. The van der Waals surface area contributed by atoms with Crippen LogP contribution in [-0.2, 0) is 10.0 Å². The summed E-state index contributed by atoms with van der Waals surface area (Å²) in [4.78, 5) is 13.4. The Kier molecular flexibility index (Phi) is 5.13. The summed E-state index contributed by atoms with van der Waals surface area (Å²) < 4.78 is 27.2. The lowest BCUT2D eigenvalue weighted by molar-refractivity contribution is 0.0696. The highest BCUT2D eigenvalue weighted by molar-refractivity contribution is 7.89. The summed E-state index contributed by atoms with van der Waals surface area (Å²) in [6.07, 6.45) is 2.26. The number of aromatic carboxylic acids is 1. The summed E-state index contributed by atoms with van der Waals surface area (Å²) in [5.74, 6) is -1.06. The first-order chi connectivity index (χ1) is 10.6. The summed E-state index contributed by atoms with van der Waals surface area (Å²) in [5.41, 5.74) is 0.661. The summed E-state index contributed by atoms with van der Waals surface area (Å²) in [7, 11) is -3.62. The molecule has 0 spiro atoms. The molecule has 1 aliphatic heterocycles. The van der Waals surface area contributed by atoms with Crippen molar-refractivity contribution in [2.24, 2.45) is 0 Å². The highest BCUT2D eigenvalue weighted by Crippen LogP contribution is 2.27. The van der Waals surface area contributed by atoms with Gasteiger partial charge in [0.05, 0.1) is 10.5 Å². The third-order valence-corrected chi connectivity index (χ3v) is 5.94. The number of carboxylic acid groups (broad SMARTS) is 1. The van der Waals surface area contributed by atoms with Crippen molar-refractivity contribution in [3.8, 4) is 0 Å². The molecule has 7 heteroatoms. The first kappa shape index (κ1) is 17.9. The SMILES string of the molecule is Cc1cc(S(=O)(=O)NCCN2CCCC2(C)C)ccc1C(=O)O. The molecule has 2 rings (SSSR count). The highest BCUT2D eigenvalue weighted by Gasteiger charge is 2.31. The summed E-state index contributed by atoms with van der Waals surface area (Å²) in [6, 6.07) is 4.06. The lowest BCUT2D eigenvalue weighted by Gasteiger charge is -2.31. The molecule has 0 saturated carbocycles. The van der Waals surface area contributed by atoms with Gasteiger partial charge in [0.2, 0.25) is 10.0 Å². The molecule has 1 saturated heterocycles. The quantitative estimate of drug-likeness (QED) is 0.825. The van der Waals surface area contributed by atoms with Crippen LogP contribution >= 0.6 is 0 Å². The van der Waals surface area contributed by atoms with Crippen molar-refractivity contribution in [3.63, 3.8) is 0 Å². The third kappa shape index (κ3) is 4.10. The second-order valence-corrected chi connectivity index (χ2v) is 8.35. The number of nitrogens with zero attached hydrogens (tertiary/aromatic N) is 1. The Morgan fingerprint density at radius 3 is 2.61 bits per heavy atom. The number of likely N-dealkylation sites (tertiary alicyclic amines) is 1. The van der Waals surface area contributed by atoms with E-state index >= 15 is 0 Å². The van der Waals surface area contributed by atoms with Crippen LogP contribution in [0.5, 0.6) is 0 Å². The van der Waals surface area contributed by atoms with Crippen LogP contribution in [-0.4, -0.2) is 49.6 Å². The topological polar surface area (TPSA) is 86.7 Å². The number of rotatable bonds is 6. The molecule has 1 aromatic carbocycles. The molecule has 1 fully saturated rings. The molecular formula is C16H24N2O4S. The van der Waals surface area contributed by atoms with Crippen molar-refractivity contribution in [1.82, 2.24) is 9.62 Å². The van der Waals surface area contributed by atoms with Gasteiger partial charge in [0.25, 0.3) is 0 Å². The summed E-state index contributed by atoms with van der Waals surface area (Å²) in [6.45, 7) is 7.92. The van der Waals surface area contributed by atoms with E-state index in [0.717, 1.165) is 19.4 Å². The van der Waals surface area contributed by atoms with Crippen molar-refractivity contribution < 1.29 is 18.3 Å². The monoisotopic (exact) mass is 340 g/mol. The minimum Gasteiger partial charge on any atom is -0.478 e. The van der Waals surface area contributed by atoms with Gasteiger partial charge >= 0.3 is 5.97 Å². The fourth-order valence-electron chi connectivity index (χ4n) is 3.02. The first-order valence-electron chi connectivity index (χ1n) is 7.72. The minimum absolute atomic E-state index is 0.0979. The highest BCUT2D eigenvalue weighted by atomic mass is 32.2. The van der Waals surface area contributed by atoms with Crippen LogP contribution in [0.1, 0.15) is 42.6 Å². The van der Waals surface area contributed by atoms with E-state index in [1.165, 1.54) is 18.2 Å². The molecule has 23 heavy (non-hydrogen) atoms. The molecule has 128 valence electrons. The van der Waals surface area contributed by atoms with Crippen molar-refractivity contribution in [1.29, 1.82) is 0 Å². The Hall–Kier alpha value is -1.44. The molecule has 6 nitrogen and oxygen atoms in total. The molecule has 1 aromatic rings. The number of sulfonamides is 1. The Morgan fingerprint density at radius 1 is 1.39 bits per heavy atom. The lowest BCUT2D eigenvalue weighted by Crippen LogP contribution is -2.42. The number of carboxylic acids is 1. The minimum atomic E-state index is -3.62. The van der Waals surface area contributed by atoms with E-state index in [9.17, 15) is 13.2 Å². The Bertz CT molecular complexity index is 698. The van der Waals surface area contributed by atoms with Gasteiger partial charge in [0.1, 0.15) is 0 Å². The van der Waals surface area contributed by atoms with Crippen LogP contribution in [0.15, 0.2) is 23.1 Å². The van der Waals surface area contributed by atoms with Crippen LogP contribution in [0.4, 0.5) is 0 Å². The van der Waals surface area contributed by atoms with Crippen molar-refractivity contribution in [2.75, 3.05) is 19.6 Å². The molecule has 1 aliphatic rings. The zero-order chi connectivity index (χ0) is 17.3. The molecule has 0 aliphatic carbocycles. The molecule has 2 N–H and O–H groups in total. The van der Waals surface area contributed by atoms with E-state index < -0.39 is 16.0 Å². The Morgan fingerprint density at radius 2 is 2.09 bits per heavy atom. The lowest BCUT2D eigenvalue weighted by atomic mass is 10.0. The van der Waals surface area contributed by atoms with Gasteiger partial charge in [-0.2, -0.15) is 0 Å². The van der Waals surface area contributed by atoms with Gasteiger partial charge < -0.3 is 5.11 Å². The van der Waals surface area contributed by atoms with Gasteiger partial charge in [-0.3, -0.25) is 4.90 Å². The zero-order valence-corrected chi connectivity index (χ0v) is 14.6. The largest absolute Gasteiger partial charge is 0.478 e. The fourth-order valence-corrected chi connectivity index (χ4v) is 4.13. The normalized spacial score (nSPS) is 18.2. The molecule has 1 heterocycles. The number of nitrogens with one attached hydrogen (secondary N) is 1. The average molecular weight is 340 g/mol. The number of hydrogen-bond acceptors (Lipinski definition) is 4. The molecule has 0 unspecified atom stereocenters. The third-order valence-electron chi connectivity index (χ3n) is 4.49. The fraction of sp³-hybridized carbons (Fsp3) is 0.562. The predicted octanol–water partition coefficient (Wildman–Crippen LogP) is 1.85.